The van der Waals surface area contributed by atoms with Gasteiger partial charge in [0.25, 0.3) is 0 Å². The monoisotopic (exact) mass is 200 g/mol. The van der Waals surface area contributed by atoms with Gasteiger partial charge in [0, 0.05) is 5.56 Å². The van der Waals surface area contributed by atoms with E-state index >= 15 is 0 Å². The van der Waals surface area contributed by atoms with Crippen molar-refractivity contribution < 1.29 is 4.74 Å². The third-order valence-corrected chi connectivity index (χ3v) is 1.82. The van der Waals surface area contributed by atoms with E-state index in [2.05, 4.69) is 23.2 Å². The summed E-state index contributed by atoms with van der Waals surface area (Å²) in [6, 6.07) is 7.34. The van der Waals surface area contributed by atoms with Crippen molar-refractivity contribution in [1.29, 1.82) is 5.26 Å². The highest BCUT2D eigenvalue weighted by atomic mass is 16.5. The third-order valence-electron chi connectivity index (χ3n) is 1.82. The van der Waals surface area contributed by atoms with Crippen LogP contribution in [0.15, 0.2) is 18.2 Å². The number of rotatable bonds is 2. The van der Waals surface area contributed by atoms with Gasteiger partial charge in [-0.05, 0) is 25.2 Å². The Kier molecular flexibility index (Phi) is 4.22. The molecule has 3 heteroatoms. The number of hydrogen-bond donors (Lipinski definition) is 1. The summed E-state index contributed by atoms with van der Waals surface area (Å²) in [5, 5.41) is 11.7. The topological polar surface area (TPSA) is 45.0 Å². The Hall–Kier alpha value is -1.97. The normalized spacial score (nSPS) is 8.60. The standard InChI is InChI=1S/C12H12N2O/c1-14-7-3-4-10-5-6-11(9-13)12(8-10)15-2/h5-6,8,14H,7H2,1-2H3. The molecule has 1 N–H and O–H groups in total. The van der Waals surface area contributed by atoms with Gasteiger partial charge in [-0.3, -0.25) is 0 Å². The number of nitrogens with zero attached hydrogens (tertiary/aromatic N) is 1. The van der Waals surface area contributed by atoms with Crippen LogP contribution >= 0.6 is 0 Å². The predicted octanol–water partition coefficient (Wildman–Crippen LogP) is 1.14. The molecule has 3 nitrogen and oxygen atoms in total. The van der Waals surface area contributed by atoms with E-state index in [4.69, 9.17) is 10.00 Å². The molecule has 0 spiro atoms. The summed E-state index contributed by atoms with van der Waals surface area (Å²) in [4.78, 5) is 0. The van der Waals surface area contributed by atoms with E-state index in [1.807, 2.05) is 13.1 Å². The average Bonchev–Trinajstić information content (AvgIpc) is 2.29. The first-order chi connectivity index (χ1) is 7.31. The first kappa shape index (κ1) is 11.1. The van der Waals surface area contributed by atoms with Gasteiger partial charge in [0.05, 0.1) is 19.2 Å². The van der Waals surface area contributed by atoms with Gasteiger partial charge in [0.15, 0.2) is 0 Å². The second kappa shape index (κ2) is 5.70. The molecule has 0 unspecified atom stereocenters. The summed E-state index contributed by atoms with van der Waals surface area (Å²) in [7, 11) is 3.38. The van der Waals surface area contributed by atoms with Crippen LogP contribution < -0.4 is 10.1 Å². The molecule has 0 aliphatic rings. The van der Waals surface area contributed by atoms with Gasteiger partial charge >= 0.3 is 0 Å². The van der Waals surface area contributed by atoms with Crippen LogP contribution in [0.25, 0.3) is 0 Å². The number of benzene rings is 1. The minimum absolute atomic E-state index is 0.525. The molecule has 15 heavy (non-hydrogen) atoms. The highest BCUT2D eigenvalue weighted by Crippen LogP contribution is 2.18. The van der Waals surface area contributed by atoms with Crippen LogP contribution in [-0.4, -0.2) is 20.7 Å². The molecule has 0 bridgehead atoms. The fraction of sp³-hybridized carbons (Fsp3) is 0.250. The minimum atomic E-state index is 0.525. The summed E-state index contributed by atoms with van der Waals surface area (Å²) in [5.74, 6) is 6.47. The molecule has 76 valence electrons. The van der Waals surface area contributed by atoms with Crippen LogP contribution in [0.3, 0.4) is 0 Å². The van der Waals surface area contributed by atoms with Crippen molar-refractivity contribution in [2.75, 3.05) is 20.7 Å². The number of hydrogen-bond acceptors (Lipinski definition) is 3. The maximum Gasteiger partial charge on any atom is 0.137 e. The summed E-state index contributed by atoms with van der Waals surface area (Å²) in [6.07, 6.45) is 0. The molecular formula is C12H12N2O. The second-order valence-corrected chi connectivity index (χ2v) is 2.86. The molecule has 0 fully saturated rings. The van der Waals surface area contributed by atoms with Gasteiger partial charge in [0.1, 0.15) is 11.8 Å². The zero-order valence-electron chi connectivity index (χ0n) is 8.79. The van der Waals surface area contributed by atoms with E-state index in [0.29, 0.717) is 17.9 Å². The Morgan fingerprint density at radius 1 is 1.47 bits per heavy atom. The maximum absolute atomic E-state index is 8.78. The van der Waals surface area contributed by atoms with Gasteiger partial charge < -0.3 is 10.1 Å². The van der Waals surface area contributed by atoms with Crippen molar-refractivity contribution in [3.63, 3.8) is 0 Å². The van der Waals surface area contributed by atoms with Crippen LogP contribution in [0, 0.1) is 23.2 Å². The fourth-order valence-corrected chi connectivity index (χ4v) is 1.10. The lowest BCUT2D eigenvalue weighted by Crippen LogP contribution is -2.04. The largest absolute Gasteiger partial charge is 0.495 e. The van der Waals surface area contributed by atoms with E-state index in [1.165, 1.54) is 0 Å². The Labute approximate surface area is 89.7 Å². The summed E-state index contributed by atoms with van der Waals surface area (Å²) in [6.45, 7) is 0.641. The Morgan fingerprint density at radius 3 is 2.87 bits per heavy atom. The SMILES string of the molecule is CNCC#Cc1ccc(C#N)c(OC)c1. The summed E-state index contributed by atoms with van der Waals surface area (Å²) < 4.78 is 5.08. The van der Waals surface area contributed by atoms with Crippen LogP contribution in [0.4, 0.5) is 0 Å². The third kappa shape index (κ3) is 3.02. The number of nitrogens with one attached hydrogen (secondary N) is 1. The molecule has 0 amide bonds. The molecule has 0 aliphatic heterocycles. The second-order valence-electron chi connectivity index (χ2n) is 2.86. The minimum Gasteiger partial charge on any atom is -0.495 e. The van der Waals surface area contributed by atoms with Crippen LogP contribution in [0.1, 0.15) is 11.1 Å². The molecule has 0 saturated heterocycles. The molecule has 0 aromatic heterocycles. The van der Waals surface area contributed by atoms with Crippen molar-refractivity contribution in [2.24, 2.45) is 0 Å². The lowest BCUT2D eigenvalue weighted by Gasteiger charge is -2.01. The quantitative estimate of drug-likeness (QED) is 0.728. The molecule has 0 saturated carbocycles. The van der Waals surface area contributed by atoms with Crippen molar-refractivity contribution in [2.45, 2.75) is 0 Å². The van der Waals surface area contributed by atoms with Gasteiger partial charge in [0.2, 0.25) is 0 Å². The van der Waals surface area contributed by atoms with Gasteiger partial charge in [-0.15, -0.1) is 0 Å². The van der Waals surface area contributed by atoms with E-state index in [1.54, 1.807) is 19.2 Å². The van der Waals surface area contributed by atoms with Crippen LogP contribution in [-0.2, 0) is 0 Å². The molecule has 0 heterocycles. The smallest absolute Gasteiger partial charge is 0.137 e. The zero-order chi connectivity index (χ0) is 11.1. The van der Waals surface area contributed by atoms with Crippen molar-refractivity contribution in [1.82, 2.24) is 5.32 Å². The van der Waals surface area contributed by atoms with Crippen molar-refractivity contribution in [3.05, 3.63) is 29.3 Å². The summed E-state index contributed by atoms with van der Waals surface area (Å²) in [5.41, 5.74) is 1.37. The Morgan fingerprint density at radius 2 is 2.27 bits per heavy atom. The van der Waals surface area contributed by atoms with E-state index in [9.17, 15) is 0 Å². The lowest BCUT2D eigenvalue weighted by molar-refractivity contribution is 0.413. The van der Waals surface area contributed by atoms with Gasteiger partial charge in [-0.1, -0.05) is 11.8 Å². The number of methoxy groups -OCH3 is 1. The predicted molar refractivity (Wildman–Crippen MR) is 58.5 cm³/mol. The lowest BCUT2D eigenvalue weighted by atomic mass is 10.1. The Balaban J connectivity index is 2.96. The molecule has 0 atom stereocenters. The Bertz CT molecular complexity index is 435. The fourth-order valence-electron chi connectivity index (χ4n) is 1.10. The van der Waals surface area contributed by atoms with Gasteiger partial charge in [-0.2, -0.15) is 5.26 Å². The van der Waals surface area contributed by atoms with E-state index in [0.717, 1.165) is 5.56 Å². The maximum atomic E-state index is 8.78. The highest BCUT2D eigenvalue weighted by molar-refractivity contribution is 5.49. The van der Waals surface area contributed by atoms with Crippen LogP contribution in [0.5, 0.6) is 5.75 Å². The first-order valence-electron chi connectivity index (χ1n) is 4.53. The van der Waals surface area contributed by atoms with Crippen molar-refractivity contribution in [3.8, 4) is 23.7 Å². The molecule has 1 rings (SSSR count). The summed E-state index contributed by atoms with van der Waals surface area (Å²) >= 11 is 0. The van der Waals surface area contributed by atoms with E-state index < -0.39 is 0 Å². The van der Waals surface area contributed by atoms with Crippen LogP contribution in [0.2, 0.25) is 0 Å². The molecule has 1 aromatic rings. The molecule has 0 aliphatic carbocycles. The highest BCUT2D eigenvalue weighted by Gasteiger charge is 2.01. The zero-order valence-corrected chi connectivity index (χ0v) is 8.79. The molecular weight excluding hydrogens is 188 g/mol. The molecule has 0 radical (unpaired) electrons. The number of ether oxygens (including phenoxy) is 1. The first-order valence-corrected chi connectivity index (χ1v) is 4.53. The van der Waals surface area contributed by atoms with Gasteiger partial charge in [-0.25, -0.2) is 0 Å². The average molecular weight is 200 g/mol. The molecule has 1 aromatic carbocycles. The number of nitriles is 1. The van der Waals surface area contributed by atoms with E-state index in [-0.39, 0.29) is 0 Å². The van der Waals surface area contributed by atoms with Crippen molar-refractivity contribution >= 4 is 0 Å².